The molecule has 0 saturated heterocycles. The van der Waals surface area contributed by atoms with Crippen LogP contribution in [0.25, 0.3) is 0 Å². The molecule has 0 aliphatic rings. The van der Waals surface area contributed by atoms with E-state index in [1.807, 2.05) is 0 Å². The van der Waals surface area contributed by atoms with E-state index in [9.17, 15) is 4.79 Å². The van der Waals surface area contributed by atoms with E-state index in [1.165, 1.54) is 0 Å². The number of methoxy groups -OCH3 is 1. The minimum Gasteiger partial charge on any atom is -0.493 e. The fourth-order valence-electron chi connectivity index (χ4n) is 1.86. The summed E-state index contributed by atoms with van der Waals surface area (Å²) in [7, 11) is 1.56. The van der Waals surface area contributed by atoms with E-state index < -0.39 is 0 Å². The molecule has 0 aliphatic heterocycles. The summed E-state index contributed by atoms with van der Waals surface area (Å²) in [6, 6.07) is 0. The SMILES string of the molecule is CCCn1ncc(OC)c1C(=O)C=C(CC)CC. The maximum Gasteiger partial charge on any atom is 0.207 e. The minimum atomic E-state index is -0.0171. The lowest BCUT2D eigenvalue weighted by atomic mass is 10.1. The van der Waals surface area contributed by atoms with Crippen LogP contribution in [0.15, 0.2) is 17.8 Å². The number of ketones is 1. The third-order valence-corrected chi connectivity index (χ3v) is 2.94. The smallest absolute Gasteiger partial charge is 0.207 e. The summed E-state index contributed by atoms with van der Waals surface area (Å²) < 4.78 is 6.93. The Kier molecular flexibility index (Phi) is 5.62. The van der Waals surface area contributed by atoms with Gasteiger partial charge in [0.2, 0.25) is 5.78 Å². The zero-order valence-electron chi connectivity index (χ0n) is 11.7. The molecule has 1 heterocycles. The quantitative estimate of drug-likeness (QED) is 0.551. The molecule has 0 radical (unpaired) electrons. The Hall–Kier alpha value is -1.58. The van der Waals surface area contributed by atoms with E-state index in [0.717, 1.165) is 31.4 Å². The largest absolute Gasteiger partial charge is 0.493 e. The standard InChI is InChI=1S/C14H22N2O2/c1-5-8-16-14(13(18-4)10-15-16)12(17)9-11(6-2)7-3/h9-10H,5-8H2,1-4H3. The predicted molar refractivity (Wildman–Crippen MR) is 72.1 cm³/mol. The molecule has 1 rings (SSSR count). The van der Waals surface area contributed by atoms with Crippen molar-refractivity contribution in [1.82, 2.24) is 9.78 Å². The second kappa shape index (κ2) is 6.99. The molecular weight excluding hydrogens is 228 g/mol. The Morgan fingerprint density at radius 1 is 1.39 bits per heavy atom. The van der Waals surface area contributed by atoms with Crippen LogP contribution in [0.4, 0.5) is 0 Å². The van der Waals surface area contributed by atoms with Gasteiger partial charge in [0.15, 0.2) is 11.4 Å². The molecule has 4 nitrogen and oxygen atoms in total. The van der Waals surface area contributed by atoms with E-state index in [-0.39, 0.29) is 5.78 Å². The molecule has 18 heavy (non-hydrogen) atoms. The normalized spacial score (nSPS) is 10.2. The Bertz CT molecular complexity index is 427. The van der Waals surface area contributed by atoms with E-state index in [4.69, 9.17) is 4.74 Å². The van der Waals surface area contributed by atoms with Crippen LogP contribution < -0.4 is 4.74 Å². The van der Waals surface area contributed by atoms with Crippen molar-refractivity contribution in [1.29, 1.82) is 0 Å². The first kappa shape index (κ1) is 14.5. The van der Waals surface area contributed by atoms with Crippen LogP contribution >= 0.6 is 0 Å². The third kappa shape index (κ3) is 3.22. The molecule has 0 aliphatic carbocycles. The van der Waals surface area contributed by atoms with Crippen molar-refractivity contribution in [2.75, 3.05) is 7.11 Å². The fourth-order valence-corrected chi connectivity index (χ4v) is 1.86. The second-order valence-corrected chi connectivity index (χ2v) is 4.16. The van der Waals surface area contributed by atoms with Crippen molar-refractivity contribution in [2.24, 2.45) is 0 Å². The average Bonchev–Trinajstić information content (AvgIpc) is 2.79. The number of carbonyl (C=O) groups is 1. The van der Waals surface area contributed by atoms with Crippen molar-refractivity contribution >= 4 is 5.78 Å². The maximum atomic E-state index is 12.3. The van der Waals surface area contributed by atoms with Gasteiger partial charge in [0, 0.05) is 6.54 Å². The Balaban J connectivity index is 3.09. The minimum absolute atomic E-state index is 0.0171. The number of aromatic nitrogens is 2. The Morgan fingerprint density at radius 2 is 2.06 bits per heavy atom. The first-order chi connectivity index (χ1) is 8.67. The van der Waals surface area contributed by atoms with Crippen molar-refractivity contribution in [3.8, 4) is 5.75 Å². The highest BCUT2D eigenvalue weighted by Crippen LogP contribution is 2.20. The molecule has 0 spiro atoms. The van der Waals surface area contributed by atoms with Crippen LogP contribution in [-0.2, 0) is 6.54 Å². The zero-order valence-corrected chi connectivity index (χ0v) is 11.7. The van der Waals surface area contributed by atoms with Crippen molar-refractivity contribution in [3.05, 3.63) is 23.5 Å². The summed E-state index contributed by atoms with van der Waals surface area (Å²) in [4.78, 5) is 12.3. The van der Waals surface area contributed by atoms with E-state index in [2.05, 4.69) is 25.9 Å². The van der Waals surface area contributed by atoms with Crippen LogP contribution in [0, 0.1) is 0 Å². The van der Waals surface area contributed by atoms with Gasteiger partial charge in [0.05, 0.1) is 13.3 Å². The Labute approximate surface area is 109 Å². The lowest BCUT2D eigenvalue weighted by Gasteiger charge is -2.06. The molecule has 0 N–H and O–H groups in total. The van der Waals surface area contributed by atoms with Crippen molar-refractivity contribution in [2.45, 2.75) is 46.6 Å². The molecule has 0 unspecified atom stereocenters. The number of nitrogens with zero attached hydrogens (tertiary/aromatic N) is 2. The number of ether oxygens (including phenoxy) is 1. The first-order valence-electron chi connectivity index (χ1n) is 6.51. The average molecular weight is 250 g/mol. The summed E-state index contributed by atoms with van der Waals surface area (Å²) in [6.45, 7) is 6.90. The molecule has 0 saturated carbocycles. The van der Waals surface area contributed by atoms with E-state index in [0.29, 0.717) is 11.4 Å². The van der Waals surface area contributed by atoms with Gasteiger partial charge < -0.3 is 4.74 Å². The fraction of sp³-hybridized carbons (Fsp3) is 0.571. The Morgan fingerprint density at radius 3 is 2.56 bits per heavy atom. The number of hydrogen-bond acceptors (Lipinski definition) is 3. The van der Waals surface area contributed by atoms with Crippen LogP contribution in [0.3, 0.4) is 0 Å². The van der Waals surface area contributed by atoms with Crippen molar-refractivity contribution < 1.29 is 9.53 Å². The number of aryl methyl sites for hydroxylation is 1. The molecule has 100 valence electrons. The van der Waals surface area contributed by atoms with Crippen LogP contribution in [0.1, 0.15) is 50.5 Å². The van der Waals surface area contributed by atoms with Crippen LogP contribution in [0.2, 0.25) is 0 Å². The van der Waals surface area contributed by atoms with E-state index >= 15 is 0 Å². The van der Waals surface area contributed by atoms with Gasteiger partial charge in [0.1, 0.15) is 0 Å². The van der Waals surface area contributed by atoms with Gasteiger partial charge in [-0.15, -0.1) is 0 Å². The lowest BCUT2D eigenvalue weighted by molar-refractivity contribution is 0.103. The topological polar surface area (TPSA) is 44.1 Å². The van der Waals surface area contributed by atoms with Crippen molar-refractivity contribution in [3.63, 3.8) is 0 Å². The highest BCUT2D eigenvalue weighted by atomic mass is 16.5. The molecule has 1 aromatic heterocycles. The molecule has 0 aromatic carbocycles. The highest BCUT2D eigenvalue weighted by molar-refractivity contribution is 6.05. The lowest BCUT2D eigenvalue weighted by Crippen LogP contribution is -2.10. The van der Waals surface area contributed by atoms with Gasteiger partial charge >= 0.3 is 0 Å². The molecule has 4 heteroatoms. The molecule has 1 aromatic rings. The summed E-state index contributed by atoms with van der Waals surface area (Å²) in [6.07, 6.45) is 6.04. The zero-order chi connectivity index (χ0) is 13.5. The molecule has 0 bridgehead atoms. The second-order valence-electron chi connectivity index (χ2n) is 4.16. The van der Waals surface area contributed by atoms with Gasteiger partial charge in [0.25, 0.3) is 0 Å². The number of hydrogen-bond donors (Lipinski definition) is 0. The summed E-state index contributed by atoms with van der Waals surface area (Å²) >= 11 is 0. The highest BCUT2D eigenvalue weighted by Gasteiger charge is 2.17. The first-order valence-corrected chi connectivity index (χ1v) is 6.51. The maximum absolute atomic E-state index is 12.3. The summed E-state index contributed by atoms with van der Waals surface area (Å²) in [5.74, 6) is 0.535. The molecule has 0 fully saturated rings. The van der Waals surface area contributed by atoms with Gasteiger partial charge in [-0.1, -0.05) is 26.3 Å². The van der Waals surface area contributed by atoms with E-state index in [1.54, 1.807) is 24.1 Å². The van der Waals surface area contributed by atoms with Crippen LogP contribution in [-0.4, -0.2) is 22.7 Å². The number of rotatable bonds is 7. The summed E-state index contributed by atoms with van der Waals surface area (Å²) in [5.41, 5.74) is 1.70. The molecular formula is C14H22N2O2. The number of allylic oxidation sites excluding steroid dienone is 2. The van der Waals surface area contributed by atoms with Gasteiger partial charge in [-0.05, 0) is 25.3 Å². The van der Waals surface area contributed by atoms with Gasteiger partial charge in [-0.25, -0.2) is 0 Å². The van der Waals surface area contributed by atoms with Gasteiger partial charge in [-0.3, -0.25) is 9.48 Å². The summed E-state index contributed by atoms with van der Waals surface area (Å²) in [5, 5.41) is 4.20. The van der Waals surface area contributed by atoms with Crippen LogP contribution in [0.5, 0.6) is 5.75 Å². The molecule has 0 amide bonds. The third-order valence-electron chi connectivity index (χ3n) is 2.94. The van der Waals surface area contributed by atoms with Gasteiger partial charge in [-0.2, -0.15) is 5.10 Å². The predicted octanol–water partition coefficient (Wildman–Crippen LogP) is 3.23. The molecule has 0 atom stereocenters. The number of carbonyl (C=O) groups excluding carboxylic acids is 1. The monoisotopic (exact) mass is 250 g/mol.